The van der Waals surface area contributed by atoms with Crippen LogP contribution in [0.4, 0.5) is 14.5 Å². The van der Waals surface area contributed by atoms with E-state index in [1.54, 1.807) is 18.2 Å². The Balaban J connectivity index is 1.96. The van der Waals surface area contributed by atoms with Gasteiger partial charge in [-0.15, -0.1) is 0 Å². The van der Waals surface area contributed by atoms with E-state index in [4.69, 9.17) is 5.11 Å². The Bertz CT molecular complexity index is 749. The third-order valence-corrected chi connectivity index (χ3v) is 4.41. The van der Waals surface area contributed by atoms with Crippen molar-refractivity contribution in [3.8, 4) is 0 Å². The smallest absolute Gasteiger partial charge is 0.335 e. The van der Waals surface area contributed by atoms with Crippen molar-refractivity contribution in [2.75, 3.05) is 11.4 Å². The minimum absolute atomic E-state index is 0.185. The zero-order valence-corrected chi connectivity index (χ0v) is 13.1. The molecule has 3 rings (SSSR count). The quantitative estimate of drug-likeness (QED) is 0.866. The van der Waals surface area contributed by atoms with Crippen molar-refractivity contribution in [3.05, 3.63) is 64.7 Å². The first-order valence-corrected chi connectivity index (χ1v) is 7.63. The van der Waals surface area contributed by atoms with E-state index in [1.807, 2.05) is 15.7 Å². The van der Waals surface area contributed by atoms with Crippen molar-refractivity contribution in [2.45, 2.75) is 13.1 Å². The molecular weight excluding hydrogens is 322 g/mol. The number of benzene rings is 2. The van der Waals surface area contributed by atoms with Crippen LogP contribution in [0.1, 0.15) is 21.5 Å². The lowest BCUT2D eigenvalue weighted by Gasteiger charge is -2.35. The van der Waals surface area contributed by atoms with Crippen molar-refractivity contribution in [2.24, 2.45) is 0 Å². The summed E-state index contributed by atoms with van der Waals surface area (Å²) in [4.78, 5) is 11.2. The molecule has 4 nitrogen and oxygen atoms in total. The normalized spacial score (nSPS) is 14.7. The Kier molecular flexibility index (Phi) is 4.23. The maximum Gasteiger partial charge on any atom is 0.335 e. The molecule has 0 saturated carbocycles. The topological polar surface area (TPSA) is 43.8 Å². The van der Waals surface area contributed by atoms with Gasteiger partial charge in [0.1, 0.15) is 11.6 Å². The van der Waals surface area contributed by atoms with E-state index < -0.39 is 17.6 Å². The standard InChI is InChI=1S/C16H14F2N2O2S/c1-19-9-12-3-2-11(16(21)22)6-15(12)20(23-19)8-10-4-13(17)7-14(18)5-10/h2-7H,8-9H2,1H3,(H,21,22). The van der Waals surface area contributed by atoms with Gasteiger partial charge in [-0.1, -0.05) is 6.07 Å². The van der Waals surface area contributed by atoms with Gasteiger partial charge in [0.2, 0.25) is 0 Å². The number of carboxylic acid groups (broad SMARTS) is 1. The summed E-state index contributed by atoms with van der Waals surface area (Å²) in [6.45, 7) is 0.924. The molecule has 0 spiro atoms. The van der Waals surface area contributed by atoms with Gasteiger partial charge in [0.15, 0.2) is 0 Å². The summed E-state index contributed by atoms with van der Waals surface area (Å²) in [5.41, 5.74) is 2.38. The summed E-state index contributed by atoms with van der Waals surface area (Å²) in [6, 6.07) is 8.31. The van der Waals surface area contributed by atoms with Crippen molar-refractivity contribution < 1.29 is 18.7 Å². The molecular formula is C16H14F2N2O2S. The van der Waals surface area contributed by atoms with Gasteiger partial charge in [-0.3, -0.25) is 4.31 Å². The average Bonchev–Trinajstić information content (AvgIpc) is 2.45. The number of hydrogen-bond acceptors (Lipinski definition) is 4. The summed E-state index contributed by atoms with van der Waals surface area (Å²) < 4.78 is 30.5. The van der Waals surface area contributed by atoms with Gasteiger partial charge in [-0.2, -0.15) is 0 Å². The lowest BCUT2D eigenvalue weighted by molar-refractivity contribution is 0.0697. The number of rotatable bonds is 3. The second-order valence-electron chi connectivity index (χ2n) is 5.33. The van der Waals surface area contributed by atoms with Gasteiger partial charge < -0.3 is 5.11 Å². The van der Waals surface area contributed by atoms with Crippen LogP contribution >= 0.6 is 12.1 Å². The number of aromatic carboxylic acids is 1. The van der Waals surface area contributed by atoms with Gasteiger partial charge in [-0.25, -0.2) is 17.9 Å². The Morgan fingerprint density at radius 3 is 2.57 bits per heavy atom. The molecule has 1 N–H and O–H groups in total. The van der Waals surface area contributed by atoms with E-state index >= 15 is 0 Å². The molecule has 2 aromatic carbocycles. The highest BCUT2D eigenvalue weighted by Crippen LogP contribution is 2.37. The van der Waals surface area contributed by atoms with Crippen LogP contribution in [0.2, 0.25) is 0 Å². The highest BCUT2D eigenvalue weighted by Gasteiger charge is 2.23. The number of nitrogens with zero attached hydrogens (tertiary/aromatic N) is 2. The first kappa shape index (κ1) is 15.8. The van der Waals surface area contributed by atoms with Crippen LogP contribution in [0.15, 0.2) is 36.4 Å². The summed E-state index contributed by atoms with van der Waals surface area (Å²) in [7, 11) is 1.90. The van der Waals surface area contributed by atoms with Crippen LogP contribution in [-0.2, 0) is 13.1 Å². The monoisotopic (exact) mass is 336 g/mol. The molecule has 2 aromatic rings. The van der Waals surface area contributed by atoms with Crippen LogP contribution in [-0.4, -0.2) is 22.4 Å². The molecule has 0 radical (unpaired) electrons. The maximum absolute atomic E-state index is 13.4. The first-order chi connectivity index (χ1) is 10.9. The largest absolute Gasteiger partial charge is 0.478 e. The number of anilines is 1. The number of halogens is 2. The van der Waals surface area contributed by atoms with E-state index in [9.17, 15) is 13.6 Å². The zero-order valence-electron chi connectivity index (χ0n) is 12.3. The van der Waals surface area contributed by atoms with Crippen molar-refractivity contribution in [1.29, 1.82) is 0 Å². The Morgan fingerprint density at radius 2 is 1.91 bits per heavy atom. The molecule has 0 unspecified atom stereocenters. The van der Waals surface area contributed by atoms with Crippen LogP contribution in [0, 0.1) is 11.6 Å². The van der Waals surface area contributed by atoms with Crippen LogP contribution < -0.4 is 4.31 Å². The van der Waals surface area contributed by atoms with E-state index in [-0.39, 0.29) is 12.1 Å². The molecule has 1 aliphatic heterocycles. The number of carboxylic acids is 1. The maximum atomic E-state index is 13.4. The Hall–Kier alpha value is -2.12. The van der Waals surface area contributed by atoms with E-state index in [0.29, 0.717) is 12.1 Å². The first-order valence-electron chi connectivity index (χ1n) is 6.90. The van der Waals surface area contributed by atoms with Gasteiger partial charge >= 0.3 is 5.97 Å². The van der Waals surface area contributed by atoms with Gasteiger partial charge in [0, 0.05) is 24.7 Å². The lowest BCUT2D eigenvalue weighted by atomic mass is 10.1. The molecule has 0 bridgehead atoms. The molecule has 1 heterocycles. The second-order valence-corrected chi connectivity index (χ2v) is 6.56. The summed E-state index contributed by atoms with van der Waals surface area (Å²) in [5, 5.41) is 9.15. The molecule has 0 saturated heterocycles. The number of carbonyl (C=O) groups is 1. The molecule has 7 heteroatoms. The third-order valence-electron chi connectivity index (χ3n) is 3.48. The lowest BCUT2D eigenvalue weighted by Crippen LogP contribution is -2.28. The van der Waals surface area contributed by atoms with Crippen LogP contribution in [0.3, 0.4) is 0 Å². The van der Waals surface area contributed by atoms with Crippen molar-refractivity contribution in [3.63, 3.8) is 0 Å². The number of hydrogen-bond donors (Lipinski definition) is 1. The van der Waals surface area contributed by atoms with Gasteiger partial charge in [0.05, 0.1) is 17.8 Å². The molecule has 120 valence electrons. The summed E-state index contributed by atoms with van der Waals surface area (Å²) in [6.07, 6.45) is 0. The molecule has 0 fully saturated rings. The van der Waals surface area contributed by atoms with Gasteiger partial charge in [0.25, 0.3) is 0 Å². The highest BCUT2D eigenvalue weighted by molar-refractivity contribution is 7.98. The predicted molar refractivity (Wildman–Crippen MR) is 85.0 cm³/mol. The second kappa shape index (κ2) is 6.17. The SMILES string of the molecule is CN1Cc2ccc(C(=O)O)cc2N(Cc2cc(F)cc(F)c2)S1. The van der Waals surface area contributed by atoms with Crippen LogP contribution in [0.25, 0.3) is 0 Å². The molecule has 23 heavy (non-hydrogen) atoms. The minimum atomic E-state index is -1.01. The van der Waals surface area contributed by atoms with E-state index in [1.165, 1.54) is 24.3 Å². The Morgan fingerprint density at radius 1 is 1.22 bits per heavy atom. The fraction of sp³-hybridized carbons (Fsp3) is 0.188. The third kappa shape index (κ3) is 3.46. The van der Waals surface area contributed by atoms with E-state index in [0.717, 1.165) is 17.3 Å². The van der Waals surface area contributed by atoms with Crippen molar-refractivity contribution in [1.82, 2.24) is 4.31 Å². The fourth-order valence-corrected chi connectivity index (χ4v) is 3.52. The predicted octanol–water partition coefficient (Wildman–Crippen LogP) is 3.68. The average molecular weight is 336 g/mol. The number of fused-ring (bicyclic) bond motifs is 1. The fourth-order valence-electron chi connectivity index (χ4n) is 2.53. The Labute approximate surface area is 136 Å². The zero-order chi connectivity index (χ0) is 16.6. The molecule has 0 atom stereocenters. The minimum Gasteiger partial charge on any atom is -0.478 e. The highest BCUT2D eigenvalue weighted by atomic mass is 32.2. The molecule has 1 aliphatic rings. The van der Waals surface area contributed by atoms with Gasteiger partial charge in [-0.05, 0) is 42.4 Å². The molecule has 0 amide bonds. The summed E-state index contributed by atoms with van der Waals surface area (Å²) >= 11 is 1.38. The van der Waals surface area contributed by atoms with E-state index in [2.05, 4.69) is 0 Å². The molecule has 0 aliphatic carbocycles. The summed E-state index contributed by atoms with van der Waals surface area (Å²) in [5.74, 6) is -2.27. The van der Waals surface area contributed by atoms with Crippen LogP contribution in [0.5, 0.6) is 0 Å². The van der Waals surface area contributed by atoms with Crippen molar-refractivity contribution >= 4 is 23.8 Å². The molecule has 0 aromatic heterocycles.